The van der Waals surface area contributed by atoms with Crippen LogP contribution >= 0.6 is 0 Å². The van der Waals surface area contributed by atoms with Crippen molar-refractivity contribution in [2.24, 2.45) is 4.99 Å². The number of hydrogen-bond acceptors (Lipinski definition) is 3. The molecule has 2 aliphatic rings. The van der Waals surface area contributed by atoms with Gasteiger partial charge in [-0.3, -0.25) is 4.99 Å². The van der Waals surface area contributed by atoms with Crippen LogP contribution in [0.15, 0.2) is 23.2 Å². The van der Waals surface area contributed by atoms with E-state index in [-0.39, 0.29) is 5.41 Å². The lowest BCUT2D eigenvalue weighted by Gasteiger charge is -2.20. The molecular weight excluding hydrogens is 266 g/mol. The largest absolute Gasteiger partial charge is 0.454 e. The lowest BCUT2D eigenvalue weighted by atomic mass is 9.95. The van der Waals surface area contributed by atoms with E-state index in [2.05, 4.69) is 41.6 Å². The number of nitrogens with one attached hydrogen (secondary N) is 2. The van der Waals surface area contributed by atoms with Gasteiger partial charge in [0.05, 0.1) is 0 Å². The maximum Gasteiger partial charge on any atom is 0.231 e. The first kappa shape index (κ1) is 14.0. The van der Waals surface area contributed by atoms with Gasteiger partial charge in [-0.25, -0.2) is 0 Å². The van der Waals surface area contributed by atoms with E-state index in [0.29, 0.717) is 12.8 Å². The average molecular weight is 289 g/mol. The molecule has 1 heterocycles. The summed E-state index contributed by atoms with van der Waals surface area (Å²) in [5, 5.41) is 6.75. The summed E-state index contributed by atoms with van der Waals surface area (Å²) < 4.78 is 10.9. The zero-order valence-electron chi connectivity index (χ0n) is 12.9. The van der Waals surface area contributed by atoms with Crippen LogP contribution < -0.4 is 20.1 Å². The molecule has 1 aliphatic carbocycles. The summed E-state index contributed by atoms with van der Waals surface area (Å²) in [6.45, 7) is 5.43. The minimum Gasteiger partial charge on any atom is -0.454 e. The summed E-state index contributed by atoms with van der Waals surface area (Å²) in [6.07, 6.45) is 2.39. The molecule has 1 aromatic rings. The molecule has 0 aromatic heterocycles. The maximum atomic E-state index is 5.48. The van der Waals surface area contributed by atoms with Gasteiger partial charge in [-0.05, 0) is 44.4 Å². The number of aliphatic imine (C=N–C) groups is 1. The molecule has 0 saturated heterocycles. The number of ether oxygens (including phenoxy) is 2. The monoisotopic (exact) mass is 289 g/mol. The van der Waals surface area contributed by atoms with Crippen molar-refractivity contribution in [2.45, 2.75) is 38.1 Å². The fourth-order valence-electron chi connectivity index (χ4n) is 2.67. The molecule has 1 aromatic carbocycles. The molecule has 1 fully saturated rings. The quantitative estimate of drug-likeness (QED) is 0.658. The van der Waals surface area contributed by atoms with Gasteiger partial charge in [-0.1, -0.05) is 6.07 Å². The van der Waals surface area contributed by atoms with Crippen LogP contribution in [0.5, 0.6) is 11.5 Å². The number of fused-ring (bicyclic) bond motifs is 1. The van der Waals surface area contributed by atoms with Crippen LogP contribution in [0.3, 0.4) is 0 Å². The number of nitrogens with zero attached hydrogens (tertiary/aromatic N) is 1. The fraction of sp³-hybridized carbons (Fsp3) is 0.562. The van der Waals surface area contributed by atoms with Crippen molar-refractivity contribution >= 4 is 5.96 Å². The molecule has 114 valence electrons. The summed E-state index contributed by atoms with van der Waals surface area (Å²) in [4.78, 5) is 4.26. The van der Waals surface area contributed by atoms with Crippen molar-refractivity contribution < 1.29 is 9.47 Å². The maximum absolute atomic E-state index is 5.48. The molecular formula is C16H23N3O2. The first-order valence-electron chi connectivity index (χ1n) is 7.50. The minimum absolute atomic E-state index is 0.204. The molecule has 21 heavy (non-hydrogen) atoms. The second-order valence-electron chi connectivity index (χ2n) is 6.07. The Labute approximate surface area is 125 Å². The summed E-state index contributed by atoms with van der Waals surface area (Å²) in [5.74, 6) is 2.57. The van der Waals surface area contributed by atoms with Gasteiger partial charge in [-0.2, -0.15) is 0 Å². The molecule has 0 amide bonds. The number of guanidine groups is 1. The summed E-state index contributed by atoms with van der Waals surface area (Å²) >= 11 is 0. The van der Waals surface area contributed by atoms with E-state index in [0.717, 1.165) is 24.0 Å². The van der Waals surface area contributed by atoms with Crippen molar-refractivity contribution in [1.29, 1.82) is 0 Å². The van der Waals surface area contributed by atoms with E-state index < -0.39 is 0 Å². The highest BCUT2D eigenvalue weighted by molar-refractivity contribution is 5.80. The predicted molar refractivity (Wildman–Crippen MR) is 83.1 cm³/mol. The molecule has 0 bridgehead atoms. The summed E-state index contributed by atoms with van der Waals surface area (Å²) in [7, 11) is 1.80. The van der Waals surface area contributed by atoms with Crippen LogP contribution in [0, 0.1) is 0 Å². The topological polar surface area (TPSA) is 54.9 Å². The van der Waals surface area contributed by atoms with Crippen LogP contribution in [0.25, 0.3) is 0 Å². The number of rotatable bonds is 4. The molecule has 0 atom stereocenters. The third kappa shape index (κ3) is 2.91. The lowest BCUT2D eigenvalue weighted by molar-refractivity contribution is 0.174. The van der Waals surface area contributed by atoms with Crippen molar-refractivity contribution in [1.82, 2.24) is 10.6 Å². The lowest BCUT2D eigenvalue weighted by Crippen LogP contribution is -2.43. The SMILES string of the molecule is CN=C(NCC1(c2ccc3c(c2)OCO3)CC1)NC(C)C. The molecule has 1 aliphatic heterocycles. The smallest absolute Gasteiger partial charge is 0.231 e. The Morgan fingerprint density at radius 1 is 1.29 bits per heavy atom. The standard InChI is InChI=1S/C16H23N3O2/c1-11(2)19-15(17-3)18-9-16(6-7-16)12-4-5-13-14(8-12)21-10-20-13/h4-5,8,11H,6-7,9-10H2,1-3H3,(H2,17,18,19). The van der Waals surface area contributed by atoms with Crippen molar-refractivity contribution in [2.75, 3.05) is 20.4 Å². The third-order valence-corrected chi connectivity index (χ3v) is 4.08. The molecule has 0 unspecified atom stereocenters. The highest BCUT2D eigenvalue weighted by atomic mass is 16.7. The zero-order chi connectivity index (χ0) is 14.9. The Morgan fingerprint density at radius 2 is 2.05 bits per heavy atom. The summed E-state index contributed by atoms with van der Waals surface area (Å²) in [6, 6.07) is 6.66. The average Bonchev–Trinajstić information content (AvgIpc) is 3.12. The second kappa shape index (κ2) is 5.47. The number of benzene rings is 1. The normalized spacial score (nSPS) is 18.8. The molecule has 0 spiro atoms. The van der Waals surface area contributed by atoms with Crippen molar-refractivity contribution in [3.05, 3.63) is 23.8 Å². The van der Waals surface area contributed by atoms with E-state index in [9.17, 15) is 0 Å². The van der Waals surface area contributed by atoms with Crippen LogP contribution in [0.1, 0.15) is 32.3 Å². The van der Waals surface area contributed by atoms with Gasteiger partial charge in [0.25, 0.3) is 0 Å². The van der Waals surface area contributed by atoms with Gasteiger partial charge in [0, 0.05) is 25.0 Å². The van der Waals surface area contributed by atoms with Crippen LogP contribution in [-0.2, 0) is 5.41 Å². The Kier molecular flexibility index (Phi) is 3.66. The van der Waals surface area contributed by atoms with Gasteiger partial charge >= 0.3 is 0 Å². The van der Waals surface area contributed by atoms with E-state index >= 15 is 0 Å². The van der Waals surface area contributed by atoms with Gasteiger partial charge in [0.15, 0.2) is 17.5 Å². The Hall–Kier alpha value is -1.91. The van der Waals surface area contributed by atoms with E-state index in [1.165, 1.54) is 18.4 Å². The van der Waals surface area contributed by atoms with Crippen LogP contribution in [0.4, 0.5) is 0 Å². The second-order valence-corrected chi connectivity index (χ2v) is 6.07. The van der Waals surface area contributed by atoms with E-state index in [1.54, 1.807) is 7.05 Å². The zero-order valence-corrected chi connectivity index (χ0v) is 12.9. The Balaban J connectivity index is 1.67. The highest BCUT2D eigenvalue weighted by Gasteiger charge is 2.44. The molecule has 5 heteroatoms. The van der Waals surface area contributed by atoms with Gasteiger partial charge in [-0.15, -0.1) is 0 Å². The van der Waals surface area contributed by atoms with Crippen molar-refractivity contribution in [3.8, 4) is 11.5 Å². The molecule has 0 radical (unpaired) electrons. The summed E-state index contributed by atoms with van der Waals surface area (Å²) in [5.41, 5.74) is 1.52. The number of hydrogen-bond donors (Lipinski definition) is 2. The van der Waals surface area contributed by atoms with Gasteiger partial charge < -0.3 is 20.1 Å². The minimum atomic E-state index is 0.204. The first-order valence-corrected chi connectivity index (χ1v) is 7.50. The molecule has 2 N–H and O–H groups in total. The van der Waals surface area contributed by atoms with Crippen molar-refractivity contribution in [3.63, 3.8) is 0 Å². The molecule has 5 nitrogen and oxygen atoms in total. The third-order valence-electron chi connectivity index (χ3n) is 4.08. The molecule has 1 saturated carbocycles. The Morgan fingerprint density at radius 3 is 2.71 bits per heavy atom. The van der Waals surface area contributed by atoms with Gasteiger partial charge in [0.1, 0.15) is 0 Å². The Bertz CT molecular complexity index is 550. The van der Waals surface area contributed by atoms with E-state index in [4.69, 9.17) is 9.47 Å². The fourth-order valence-corrected chi connectivity index (χ4v) is 2.67. The highest BCUT2D eigenvalue weighted by Crippen LogP contribution is 2.49. The molecule has 3 rings (SSSR count). The first-order chi connectivity index (χ1) is 10.1. The predicted octanol–water partition coefficient (Wildman–Crippen LogP) is 2.02. The van der Waals surface area contributed by atoms with E-state index in [1.807, 2.05) is 6.07 Å². The van der Waals surface area contributed by atoms with Crippen LogP contribution in [-0.4, -0.2) is 32.4 Å². The van der Waals surface area contributed by atoms with Crippen LogP contribution in [0.2, 0.25) is 0 Å². The van der Waals surface area contributed by atoms with Gasteiger partial charge in [0.2, 0.25) is 6.79 Å².